The van der Waals surface area contributed by atoms with Gasteiger partial charge in [-0.3, -0.25) is 4.79 Å². The average molecular weight is 297 g/mol. The lowest BCUT2D eigenvalue weighted by atomic mass is 9.75. The highest BCUT2D eigenvalue weighted by Gasteiger charge is 2.35. The number of hydrogen-bond acceptors (Lipinski definition) is 3. The van der Waals surface area contributed by atoms with E-state index in [1.54, 1.807) is 6.07 Å². The van der Waals surface area contributed by atoms with Gasteiger partial charge in [0.05, 0.1) is 34.0 Å². The molecule has 4 nitrogen and oxygen atoms in total. The first kappa shape index (κ1) is 15.3. The van der Waals surface area contributed by atoms with Crippen LogP contribution in [0.15, 0.2) is 18.2 Å². The standard InChI is InChI=1S/C13H10Cl2N2O2/c14-10-3-2-9(6-11(10)15)13(8-17,4-1-5-16)7-12(18)19/h2-3,6H,1,4,7H2,(H,18,19). The van der Waals surface area contributed by atoms with Crippen LogP contribution in [0.5, 0.6) is 0 Å². The van der Waals surface area contributed by atoms with E-state index in [9.17, 15) is 10.1 Å². The van der Waals surface area contributed by atoms with Crippen molar-refractivity contribution in [3.05, 3.63) is 33.8 Å². The molecule has 6 heteroatoms. The minimum atomic E-state index is -1.27. The van der Waals surface area contributed by atoms with Crippen LogP contribution in [0.2, 0.25) is 10.0 Å². The molecule has 0 fully saturated rings. The van der Waals surface area contributed by atoms with Crippen LogP contribution < -0.4 is 0 Å². The molecule has 1 N–H and O–H groups in total. The Bertz CT molecular complexity index is 575. The summed E-state index contributed by atoms with van der Waals surface area (Å²) in [5.41, 5.74) is -0.808. The highest BCUT2D eigenvalue weighted by atomic mass is 35.5. The fourth-order valence-corrected chi connectivity index (χ4v) is 2.11. The summed E-state index contributed by atoms with van der Waals surface area (Å²) < 4.78 is 0. The molecule has 0 radical (unpaired) electrons. The lowest BCUT2D eigenvalue weighted by molar-refractivity contribution is -0.138. The number of aliphatic carboxylic acids is 1. The van der Waals surface area contributed by atoms with Crippen molar-refractivity contribution < 1.29 is 9.90 Å². The first-order valence-electron chi connectivity index (χ1n) is 5.41. The molecular weight excluding hydrogens is 287 g/mol. The number of carbonyl (C=O) groups is 1. The number of benzene rings is 1. The van der Waals surface area contributed by atoms with Crippen LogP contribution in [0.25, 0.3) is 0 Å². The summed E-state index contributed by atoms with van der Waals surface area (Å²) in [6.45, 7) is 0. The van der Waals surface area contributed by atoms with Crippen LogP contribution in [-0.4, -0.2) is 11.1 Å². The van der Waals surface area contributed by atoms with Gasteiger partial charge in [0, 0.05) is 6.42 Å². The zero-order valence-corrected chi connectivity index (χ0v) is 11.4. The summed E-state index contributed by atoms with van der Waals surface area (Å²) >= 11 is 11.7. The Morgan fingerprint density at radius 3 is 2.47 bits per heavy atom. The zero-order valence-electron chi connectivity index (χ0n) is 9.86. The van der Waals surface area contributed by atoms with Gasteiger partial charge in [0.15, 0.2) is 0 Å². The molecular formula is C13H10Cl2N2O2. The molecule has 0 aliphatic carbocycles. The van der Waals surface area contributed by atoms with Crippen molar-refractivity contribution in [1.29, 1.82) is 10.5 Å². The van der Waals surface area contributed by atoms with Gasteiger partial charge >= 0.3 is 5.97 Å². The fraction of sp³-hybridized carbons (Fsp3) is 0.308. The van der Waals surface area contributed by atoms with Gasteiger partial charge in [-0.05, 0) is 24.1 Å². The molecule has 1 aromatic rings. The molecule has 19 heavy (non-hydrogen) atoms. The molecule has 0 bridgehead atoms. The van der Waals surface area contributed by atoms with Gasteiger partial charge in [-0.15, -0.1) is 0 Å². The molecule has 1 atom stereocenters. The van der Waals surface area contributed by atoms with Gasteiger partial charge in [0.1, 0.15) is 0 Å². The minimum absolute atomic E-state index is 0.0844. The SMILES string of the molecule is N#CCCC(C#N)(CC(=O)O)c1ccc(Cl)c(Cl)c1. The van der Waals surface area contributed by atoms with Crippen molar-refractivity contribution in [1.82, 2.24) is 0 Å². The molecule has 0 aliphatic rings. The number of rotatable bonds is 5. The van der Waals surface area contributed by atoms with E-state index in [0.717, 1.165) is 0 Å². The summed E-state index contributed by atoms with van der Waals surface area (Å²) in [6.07, 6.45) is -0.172. The van der Waals surface area contributed by atoms with E-state index in [1.807, 2.05) is 12.1 Å². The Morgan fingerprint density at radius 2 is 2.00 bits per heavy atom. The second-order valence-electron chi connectivity index (χ2n) is 4.05. The Balaban J connectivity index is 3.28. The maximum Gasteiger partial charge on any atom is 0.305 e. The van der Waals surface area contributed by atoms with E-state index in [1.165, 1.54) is 12.1 Å². The van der Waals surface area contributed by atoms with E-state index in [-0.39, 0.29) is 24.3 Å². The topological polar surface area (TPSA) is 84.9 Å². The third kappa shape index (κ3) is 3.61. The van der Waals surface area contributed by atoms with Crippen LogP contribution in [0, 0.1) is 22.7 Å². The quantitative estimate of drug-likeness (QED) is 0.900. The van der Waals surface area contributed by atoms with Gasteiger partial charge in [-0.1, -0.05) is 29.3 Å². The number of nitrogens with zero attached hydrogens (tertiary/aromatic N) is 2. The highest BCUT2D eigenvalue weighted by molar-refractivity contribution is 6.42. The zero-order chi connectivity index (χ0) is 14.5. The van der Waals surface area contributed by atoms with Crippen molar-refractivity contribution in [3.63, 3.8) is 0 Å². The predicted octanol–water partition coefficient (Wildman–Crippen LogP) is 3.53. The van der Waals surface area contributed by atoms with Crippen molar-refractivity contribution in [2.75, 3.05) is 0 Å². The van der Waals surface area contributed by atoms with Crippen LogP contribution in [0.1, 0.15) is 24.8 Å². The largest absolute Gasteiger partial charge is 0.481 e. The lowest BCUT2D eigenvalue weighted by Crippen LogP contribution is -2.27. The highest BCUT2D eigenvalue weighted by Crippen LogP contribution is 2.35. The molecule has 1 unspecified atom stereocenters. The number of carboxylic acids is 1. The second-order valence-corrected chi connectivity index (χ2v) is 4.87. The smallest absolute Gasteiger partial charge is 0.305 e. The van der Waals surface area contributed by atoms with Crippen molar-refractivity contribution in [2.24, 2.45) is 0 Å². The molecule has 98 valence electrons. The summed E-state index contributed by atoms with van der Waals surface area (Å²) in [4.78, 5) is 11.0. The van der Waals surface area contributed by atoms with Gasteiger partial charge in [-0.2, -0.15) is 10.5 Å². The van der Waals surface area contributed by atoms with Crippen LogP contribution in [0.3, 0.4) is 0 Å². The Labute approximate surface area is 120 Å². The summed E-state index contributed by atoms with van der Waals surface area (Å²) in [5, 5.41) is 27.6. The fourth-order valence-electron chi connectivity index (χ4n) is 1.82. The molecule has 0 saturated heterocycles. The van der Waals surface area contributed by atoms with E-state index < -0.39 is 11.4 Å². The van der Waals surface area contributed by atoms with Crippen molar-refractivity contribution >= 4 is 29.2 Å². The number of halogens is 2. The van der Waals surface area contributed by atoms with Gasteiger partial charge in [-0.25, -0.2) is 0 Å². The van der Waals surface area contributed by atoms with E-state index in [2.05, 4.69) is 0 Å². The Hall–Kier alpha value is -1.75. The van der Waals surface area contributed by atoms with Gasteiger partial charge in [0.2, 0.25) is 0 Å². The lowest BCUT2D eigenvalue weighted by Gasteiger charge is -2.24. The molecule has 1 rings (SSSR count). The summed E-state index contributed by atoms with van der Waals surface area (Å²) in [6, 6.07) is 8.49. The number of carboxylic acid groups (broad SMARTS) is 1. The molecule has 0 aromatic heterocycles. The third-order valence-corrected chi connectivity index (χ3v) is 3.54. The average Bonchev–Trinajstić information content (AvgIpc) is 2.37. The van der Waals surface area contributed by atoms with E-state index >= 15 is 0 Å². The second kappa shape index (κ2) is 6.43. The first-order valence-corrected chi connectivity index (χ1v) is 6.16. The number of hydrogen-bond donors (Lipinski definition) is 1. The van der Waals surface area contributed by atoms with Gasteiger partial charge in [0.25, 0.3) is 0 Å². The van der Waals surface area contributed by atoms with E-state index in [0.29, 0.717) is 10.6 Å². The van der Waals surface area contributed by atoms with Crippen molar-refractivity contribution in [2.45, 2.75) is 24.7 Å². The van der Waals surface area contributed by atoms with Crippen LogP contribution in [-0.2, 0) is 10.2 Å². The molecule has 0 amide bonds. The van der Waals surface area contributed by atoms with E-state index in [4.69, 9.17) is 33.6 Å². The maximum absolute atomic E-state index is 11.0. The molecule has 0 aliphatic heterocycles. The molecule has 0 spiro atoms. The van der Waals surface area contributed by atoms with Crippen molar-refractivity contribution in [3.8, 4) is 12.1 Å². The van der Waals surface area contributed by atoms with Gasteiger partial charge < -0.3 is 5.11 Å². The monoisotopic (exact) mass is 296 g/mol. The molecule has 1 aromatic carbocycles. The normalized spacial score (nSPS) is 13.1. The maximum atomic E-state index is 11.0. The first-order chi connectivity index (χ1) is 8.95. The van der Waals surface area contributed by atoms with Crippen LogP contribution in [0.4, 0.5) is 0 Å². The molecule has 0 saturated carbocycles. The van der Waals surface area contributed by atoms with Crippen LogP contribution >= 0.6 is 23.2 Å². The molecule has 0 heterocycles. The third-order valence-electron chi connectivity index (χ3n) is 2.80. The Kier molecular flexibility index (Phi) is 5.18. The summed E-state index contributed by atoms with van der Waals surface area (Å²) in [7, 11) is 0. The minimum Gasteiger partial charge on any atom is -0.481 e. The number of nitriles is 2. The predicted molar refractivity (Wildman–Crippen MR) is 70.9 cm³/mol. The Morgan fingerprint density at radius 1 is 1.32 bits per heavy atom. The summed E-state index contributed by atoms with van der Waals surface area (Å²) in [5.74, 6) is -1.11.